The summed E-state index contributed by atoms with van der Waals surface area (Å²) >= 11 is 9.16. The highest BCUT2D eigenvalue weighted by Gasteiger charge is 2.21. The van der Waals surface area contributed by atoms with Gasteiger partial charge in [0.05, 0.1) is 15.1 Å². The fraction of sp³-hybridized carbons (Fsp3) is 0.222. The third-order valence-corrected chi connectivity index (χ3v) is 3.18. The fourth-order valence-electron chi connectivity index (χ4n) is 1.26. The summed E-state index contributed by atoms with van der Waals surface area (Å²) in [5.74, 6) is 0.966. The zero-order chi connectivity index (χ0) is 10.1. The molecule has 0 amide bonds. The number of fused-ring (bicyclic) bond motifs is 1. The Hall–Kier alpha value is -0.740. The van der Waals surface area contributed by atoms with Crippen LogP contribution in [0.1, 0.15) is 10.4 Å². The predicted octanol–water partition coefficient (Wildman–Crippen LogP) is 2.69. The van der Waals surface area contributed by atoms with E-state index in [1.807, 2.05) is 0 Å². The van der Waals surface area contributed by atoms with Gasteiger partial charge in [0.15, 0.2) is 17.8 Å². The Balaban J connectivity index is 2.66. The highest BCUT2D eigenvalue weighted by molar-refractivity contribution is 9.10. The van der Waals surface area contributed by atoms with Gasteiger partial charge in [0.2, 0.25) is 0 Å². The maximum absolute atomic E-state index is 10.7. The molecule has 0 saturated heterocycles. The van der Waals surface area contributed by atoms with E-state index >= 15 is 0 Å². The predicted molar refractivity (Wildman–Crippen MR) is 55.5 cm³/mol. The lowest BCUT2D eigenvalue weighted by atomic mass is 10.2. The smallest absolute Gasteiger partial charge is 0.177 e. The van der Waals surface area contributed by atoms with Crippen LogP contribution in [0, 0.1) is 0 Å². The molecule has 3 nitrogen and oxygen atoms in total. The van der Waals surface area contributed by atoms with Crippen LogP contribution in [0.5, 0.6) is 11.5 Å². The highest BCUT2D eigenvalue weighted by atomic mass is 79.9. The molecule has 0 unspecified atom stereocenters. The number of aldehydes is 1. The van der Waals surface area contributed by atoms with Gasteiger partial charge < -0.3 is 9.47 Å². The van der Waals surface area contributed by atoms with Gasteiger partial charge in [0.25, 0.3) is 0 Å². The number of benzene rings is 1. The topological polar surface area (TPSA) is 35.5 Å². The second-order valence-corrected chi connectivity index (χ2v) is 3.93. The van der Waals surface area contributed by atoms with E-state index in [0.29, 0.717) is 46.1 Å². The highest BCUT2D eigenvalue weighted by Crippen LogP contribution is 2.43. The second kappa shape index (κ2) is 3.79. The molecule has 0 aliphatic carbocycles. The first-order chi connectivity index (χ1) is 6.74. The minimum atomic E-state index is 0.410. The van der Waals surface area contributed by atoms with Crippen LogP contribution in [0.25, 0.3) is 0 Å². The molecule has 0 N–H and O–H groups in total. The van der Waals surface area contributed by atoms with Gasteiger partial charge >= 0.3 is 0 Å². The van der Waals surface area contributed by atoms with Crippen molar-refractivity contribution in [2.45, 2.75) is 0 Å². The van der Waals surface area contributed by atoms with Crippen LogP contribution in [0.3, 0.4) is 0 Å². The SMILES string of the molecule is O=Cc1cc(Cl)c(Br)c2c1OCCO2. The molecule has 0 bridgehead atoms. The van der Waals surface area contributed by atoms with Crippen molar-refractivity contribution in [2.75, 3.05) is 13.2 Å². The summed E-state index contributed by atoms with van der Waals surface area (Å²) < 4.78 is 11.3. The number of carbonyl (C=O) groups is 1. The molecular weight excluding hydrogens is 271 g/mol. The molecule has 1 aromatic carbocycles. The first-order valence-corrected chi connectivity index (χ1v) is 5.14. The van der Waals surface area contributed by atoms with Crippen molar-refractivity contribution in [1.29, 1.82) is 0 Å². The van der Waals surface area contributed by atoms with E-state index in [9.17, 15) is 4.79 Å². The summed E-state index contributed by atoms with van der Waals surface area (Å²) in [7, 11) is 0. The largest absolute Gasteiger partial charge is 0.485 e. The summed E-state index contributed by atoms with van der Waals surface area (Å²) in [6.07, 6.45) is 0.700. The summed E-state index contributed by atoms with van der Waals surface area (Å²) in [6.45, 7) is 0.909. The van der Waals surface area contributed by atoms with Gasteiger partial charge in [-0.15, -0.1) is 0 Å². The van der Waals surface area contributed by atoms with Crippen molar-refractivity contribution >= 4 is 33.8 Å². The molecule has 74 valence electrons. The molecule has 1 aliphatic heterocycles. The molecule has 2 rings (SSSR count). The molecule has 0 aromatic heterocycles. The Morgan fingerprint density at radius 1 is 1.36 bits per heavy atom. The minimum Gasteiger partial charge on any atom is -0.485 e. The molecular formula is C9H6BrClO3. The molecule has 0 atom stereocenters. The van der Waals surface area contributed by atoms with E-state index < -0.39 is 0 Å². The van der Waals surface area contributed by atoms with Gasteiger partial charge in [-0.3, -0.25) is 4.79 Å². The van der Waals surface area contributed by atoms with Crippen LogP contribution in [0.2, 0.25) is 5.02 Å². The van der Waals surface area contributed by atoms with Crippen LogP contribution < -0.4 is 9.47 Å². The Kier molecular flexibility index (Phi) is 2.65. The molecule has 0 saturated carbocycles. The fourth-order valence-corrected chi connectivity index (χ4v) is 1.87. The lowest BCUT2D eigenvalue weighted by Gasteiger charge is -2.21. The van der Waals surface area contributed by atoms with Crippen LogP contribution >= 0.6 is 27.5 Å². The molecule has 14 heavy (non-hydrogen) atoms. The van der Waals surface area contributed by atoms with Crippen LogP contribution in [-0.4, -0.2) is 19.5 Å². The minimum absolute atomic E-state index is 0.410. The van der Waals surface area contributed by atoms with Gasteiger partial charge in [-0.2, -0.15) is 0 Å². The van der Waals surface area contributed by atoms with E-state index in [0.717, 1.165) is 0 Å². The number of rotatable bonds is 1. The maximum Gasteiger partial charge on any atom is 0.177 e. The number of ether oxygens (including phenoxy) is 2. The van der Waals surface area contributed by atoms with Crippen LogP contribution in [-0.2, 0) is 0 Å². The molecule has 1 heterocycles. The molecule has 0 radical (unpaired) electrons. The number of halogens is 2. The first kappa shape index (κ1) is 9.80. The standard InChI is InChI=1S/C9H6BrClO3/c10-7-6(11)3-5(4-12)8-9(7)14-2-1-13-8/h3-4H,1-2H2. The molecule has 0 spiro atoms. The van der Waals surface area contributed by atoms with Gasteiger partial charge in [-0.05, 0) is 22.0 Å². The lowest BCUT2D eigenvalue weighted by molar-refractivity contribution is 0.111. The monoisotopic (exact) mass is 276 g/mol. The molecule has 1 aliphatic rings. The Bertz CT molecular complexity index is 392. The van der Waals surface area contributed by atoms with Crippen molar-refractivity contribution in [3.8, 4) is 11.5 Å². The average molecular weight is 278 g/mol. The zero-order valence-electron chi connectivity index (χ0n) is 7.05. The van der Waals surface area contributed by atoms with E-state index in [4.69, 9.17) is 21.1 Å². The second-order valence-electron chi connectivity index (χ2n) is 2.73. The van der Waals surface area contributed by atoms with Crippen molar-refractivity contribution in [2.24, 2.45) is 0 Å². The van der Waals surface area contributed by atoms with Gasteiger partial charge in [0.1, 0.15) is 13.2 Å². The third kappa shape index (κ3) is 1.48. The van der Waals surface area contributed by atoms with Gasteiger partial charge in [-0.1, -0.05) is 11.6 Å². The number of hydrogen-bond acceptors (Lipinski definition) is 3. The number of hydrogen-bond donors (Lipinski definition) is 0. The van der Waals surface area contributed by atoms with E-state index in [1.54, 1.807) is 6.07 Å². The average Bonchev–Trinajstić information content (AvgIpc) is 2.23. The van der Waals surface area contributed by atoms with E-state index in [1.165, 1.54) is 0 Å². The Labute approximate surface area is 94.1 Å². The quantitative estimate of drug-likeness (QED) is 0.740. The Morgan fingerprint density at radius 3 is 2.64 bits per heavy atom. The number of carbonyl (C=O) groups excluding carboxylic acids is 1. The Morgan fingerprint density at radius 2 is 2.00 bits per heavy atom. The normalized spacial score (nSPS) is 13.9. The van der Waals surface area contributed by atoms with Crippen molar-refractivity contribution in [3.63, 3.8) is 0 Å². The van der Waals surface area contributed by atoms with Crippen molar-refractivity contribution < 1.29 is 14.3 Å². The molecule has 1 aromatic rings. The van der Waals surface area contributed by atoms with Gasteiger partial charge in [-0.25, -0.2) is 0 Å². The van der Waals surface area contributed by atoms with Crippen LogP contribution in [0.4, 0.5) is 0 Å². The van der Waals surface area contributed by atoms with Crippen LogP contribution in [0.15, 0.2) is 10.5 Å². The summed E-state index contributed by atoms with van der Waals surface area (Å²) in [5.41, 5.74) is 0.410. The first-order valence-electron chi connectivity index (χ1n) is 3.97. The molecule has 0 fully saturated rings. The summed E-state index contributed by atoms with van der Waals surface area (Å²) in [5, 5.41) is 0.441. The lowest BCUT2D eigenvalue weighted by Crippen LogP contribution is -2.17. The zero-order valence-corrected chi connectivity index (χ0v) is 9.39. The van der Waals surface area contributed by atoms with Gasteiger partial charge in [0, 0.05) is 0 Å². The summed E-state index contributed by atoms with van der Waals surface area (Å²) in [4.78, 5) is 10.7. The molecule has 5 heteroatoms. The maximum atomic E-state index is 10.7. The third-order valence-electron chi connectivity index (χ3n) is 1.86. The van der Waals surface area contributed by atoms with Crippen molar-refractivity contribution in [1.82, 2.24) is 0 Å². The summed E-state index contributed by atoms with van der Waals surface area (Å²) in [6, 6.07) is 1.55. The van der Waals surface area contributed by atoms with E-state index in [-0.39, 0.29) is 0 Å². The van der Waals surface area contributed by atoms with Crippen molar-refractivity contribution in [3.05, 3.63) is 21.1 Å². The van der Waals surface area contributed by atoms with E-state index in [2.05, 4.69) is 15.9 Å².